The summed E-state index contributed by atoms with van der Waals surface area (Å²) in [6.45, 7) is 2.08. The van der Waals surface area contributed by atoms with Gasteiger partial charge >= 0.3 is 0 Å². The van der Waals surface area contributed by atoms with E-state index < -0.39 is 15.9 Å². The van der Waals surface area contributed by atoms with Crippen LogP contribution in [0.4, 0.5) is 0 Å². The molecule has 0 aliphatic carbocycles. The van der Waals surface area contributed by atoms with E-state index in [0.29, 0.717) is 33.6 Å². The molecule has 1 N–H and O–H groups in total. The Morgan fingerprint density at radius 3 is 2.33 bits per heavy atom. The normalized spacial score (nSPS) is 11.6. The van der Waals surface area contributed by atoms with Gasteiger partial charge < -0.3 is 13.9 Å². The Labute approximate surface area is 238 Å². The highest BCUT2D eigenvalue weighted by Gasteiger charge is 2.26. The summed E-state index contributed by atoms with van der Waals surface area (Å²) in [6, 6.07) is 21.7. The van der Waals surface area contributed by atoms with E-state index in [4.69, 9.17) is 25.5 Å². The average Bonchev–Trinajstić information content (AvgIpc) is 3.40. The molecule has 0 aliphatic heterocycles. The van der Waals surface area contributed by atoms with E-state index in [1.165, 1.54) is 49.0 Å². The monoisotopic (exact) mass is 581 g/mol. The van der Waals surface area contributed by atoms with Gasteiger partial charge in [-0.15, -0.1) is 0 Å². The smallest absolute Gasteiger partial charge is 0.271 e. The predicted octanol–water partition coefficient (Wildman–Crippen LogP) is 5.41. The van der Waals surface area contributed by atoms with Gasteiger partial charge in [-0.1, -0.05) is 41.4 Å². The molecular weight excluding hydrogens is 554 g/mol. The zero-order chi connectivity index (χ0) is 28.7. The van der Waals surface area contributed by atoms with Crippen LogP contribution in [0.15, 0.2) is 93.3 Å². The number of hydrogen-bond donors (Lipinski definition) is 1. The van der Waals surface area contributed by atoms with E-state index >= 15 is 0 Å². The van der Waals surface area contributed by atoms with Gasteiger partial charge in [0.25, 0.3) is 5.91 Å². The van der Waals surface area contributed by atoms with Crippen LogP contribution in [-0.4, -0.2) is 39.1 Å². The third-order valence-corrected chi connectivity index (χ3v) is 8.01. The number of carbonyl (C=O) groups excluding carboxylic acids is 1. The van der Waals surface area contributed by atoms with Gasteiger partial charge in [-0.05, 0) is 67.1 Å². The lowest BCUT2D eigenvalue weighted by atomic mass is 10.1. The highest BCUT2D eigenvalue weighted by molar-refractivity contribution is 7.89. The highest BCUT2D eigenvalue weighted by Crippen LogP contribution is 2.27. The second-order valence-corrected chi connectivity index (χ2v) is 11.2. The average molecular weight is 582 g/mol. The van der Waals surface area contributed by atoms with Crippen LogP contribution in [0.5, 0.6) is 11.5 Å². The van der Waals surface area contributed by atoms with Crippen molar-refractivity contribution in [2.24, 2.45) is 5.10 Å². The van der Waals surface area contributed by atoms with Crippen molar-refractivity contribution in [3.05, 3.63) is 112 Å². The van der Waals surface area contributed by atoms with Gasteiger partial charge in [0.2, 0.25) is 10.0 Å². The summed E-state index contributed by atoms with van der Waals surface area (Å²) in [4.78, 5) is 12.6. The van der Waals surface area contributed by atoms with Gasteiger partial charge in [-0.25, -0.2) is 13.8 Å². The molecule has 40 heavy (non-hydrogen) atoms. The molecule has 0 radical (unpaired) electrons. The summed E-state index contributed by atoms with van der Waals surface area (Å²) in [5, 5.41) is 4.40. The minimum absolute atomic E-state index is 0.0231. The third kappa shape index (κ3) is 7.09. The number of ether oxygens (including phenoxy) is 2. The van der Waals surface area contributed by atoms with Crippen LogP contribution in [-0.2, 0) is 23.1 Å². The first-order chi connectivity index (χ1) is 19.2. The van der Waals surface area contributed by atoms with Gasteiger partial charge in [0, 0.05) is 17.1 Å². The van der Waals surface area contributed by atoms with Crippen LogP contribution in [0.1, 0.15) is 33.0 Å². The number of rotatable bonds is 11. The summed E-state index contributed by atoms with van der Waals surface area (Å²) >= 11 is 5.97. The Balaban J connectivity index is 1.49. The molecule has 0 aliphatic rings. The van der Waals surface area contributed by atoms with E-state index in [-0.39, 0.29) is 18.0 Å². The van der Waals surface area contributed by atoms with E-state index in [1.807, 2.05) is 31.2 Å². The van der Waals surface area contributed by atoms with Crippen LogP contribution in [0.2, 0.25) is 5.02 Å². The molecule has 1 aromatic heterocycles. The fraction of sp³-hybridized carbons (Fsp3) is 0.172. The van der Waals surface area contributed by atoms with Gasteiger partial charge in [-0.2, -0.15) is 9.41 Å². The van der Waals surface area contributed by atoms with Crippen LogP contribution in [0.3, 0.4) is 0 Å². The summed E-state index contributed by atoms with van der Waals surface area (Å²) in [5.74, 6) is 1.19. The van der Waals surface area contributed by atoms with E-state index in [1.54, 1.807) is 30.3 Å². The standard InChI is InChI=1S/C29H28ClN3O6S/c1-20-4-6-21(7-5-20)18-33(40(35,36)26-13-9-23(30)10-14-26)19-25-12-11-24(39-25)17-31-32-29(34)22-8-15-27(37-2)28(16-22)38-3/h4-17H,18-19H2,1-3H3,(H,32,34)/b31-17-. The number of halogens is 1. The number of hydrogen-bond acceptors (Lipinski definition) is 7. The van der Waals surface area contributed by atoms with Gasteiger partial charge in [-0.3, -0.25) is 4.79 Å². The summed E-state index contributed by atoms with van der Waals surface area (Å²) < 4.78 is 44.6. The quantitative estimate of drug-likeness (QED) is 0.187. The first kappa shape index (κ1) is 28.9. The van der Waals surface area contributed by atoms with Crippen molar-refractivity contribution >= 4 is 33.7 Å². The number of nitrogens with zero attached hydrogens (tertiary/aromatic N) is 2. The maximum Gasteiger partial charge on any atom is 0.271 e. The number of hydrazone groups is 1. The Bertz CT molecular complexity index is 1600. The summed E-state index contributed by atoms with van der Waals surface area (Å²) in [5.41, 5.74) is 4.66. The summed E-state index contributed by atoms with van der Waals surface area (Å²) in [6.07, 6.45) is 1.33. The van der Waals surface area contributed by atoms with Gasteiger partial charge in [0.1, 0.15) is 11.5 Å². The van der Waals surface area contributed by atoms with Crippen molar-refractivity contribution in [2.45, 2.75) is 24.9 Å². The molecule has 1 amide bonds. The van der Waals surface area contributed by atoms with Gasteiger partial charge in [0.15, 0.2) is 11.5 Å². The SMILES string of the molecule is COc1ccc(C(=O)N/N=C\c2ccc(CN(Cc3ccc(C)cc3)S(=O)(=O)c3ccc(Cl)cc3)o2)cc1OC. The van der Waals surface area contributed by atoms with Crippen molar-refractivity contribution in [3.63, 3.8) is 0 Å². The highest BCUT2D eigenvalue weighted by atomic mass is 35.5. The number of amides is 1. The first-order valence-corrected chi connectivity index (χ1v) is 14.0. The van der Waals surface area contributed by atoms with E-state index in [2.05, 4.69) is 10.5 Å². The third-order valence-electron chi connectivity index (χ3n) is 5.95. The zero-order valence-corrected chi connectivity index (χ0v) is 23.7. The fourth-order valence-corrected chi connectivity index (χ4v) is 5.32. The predicted molar refractivity (Wildman–Crippen MR) is 152 cm³/mol. The minimum atomic E-state index is -3.88. The van der Waals surface area contributed by atoms with E-state index in [0.717, 1.165) is 11.1 Å². The number of sulfonamides is 1. The van der Waals surface area contributed by atoms with Crippen LogP contribution in [0, 0.1) is 6.92 Å². The molecule has 208 valence electrons. The maximum absolute atomic E-state index is 13.5. The molecule has 4 rings (SSSR count). The Kier molecular flexibility index (Phi) is 9.26. The molecule has 0 atom stereocenters. The van der Waals surface area contributed by atoms with Crippen LogP contribution in [0.25, 0.3) is 0 Å². The molecule has 11 heteroatoms. The van der Waals surface area contributed by atoms with Crippen LogP contribution < -0.4 is 14.9 Å². The van der Waals surface area contributed by atoms with Crippen molar-refractivity contribution in [1.29, 1.82) is 0 Å². The zero-order valence-electron chi connectivity index (χ0n) is 22.1. The molecule has 1 heterocycles. The number of benzene rings is 3. The Morgan fingerprint density at radius 2 is 1.65 bits per heavy atom. The fourth-order valence-electron chi connectivity index (χ4n) is 3.80. The Morgan fingerprint density at radius 1 is 0.950 bits per heavy atom. The van der Waals surface area contributed by atoms with Crippen molar-refractivity contribution < 1.29 is 27.1 Å². The molecule has 0 spiro atoms. The largest absolute Gasteiger partial charge is 0.493 e. The van der Waals surface area contributed by atoms with Crippen molar-refractivity contribution in [1.82, 2.24) is 9.73 Å². The molecule has 0 bridgehead atoms. The lowest BCUT2D eigenvalue weighted by molar-refractivity contribution is 0.0954. The molecule has 9 nitrogen and oxygen atoms in total. The lowest BCUT2D eigenvalue weighted by Crippen LogP contribution is -2.30. The first-order valence-electron chi connectivity index (χ1n) is 12.1. The van der Waals surface area contributed by atoms with Crippen molar-refractivity contribution in [3.8, 4) is 11.5 Å². The molecule has 4 aromatic rings. The van der Waals surface area contributed by atoms with Crippen molar-refractivity contribution in [2.75, 3.05) is 14.2 Å². The number of methoxy groups -OCH3 is 2. The Hall–Kier alpha value is -4.12. The molecule has 0 saturated carbocycles. The topological polar surface area (TPSA) is 110 Å². The van der Waals surface area contributed by atoms with Crippen LogP contribution >= 0.6 is 11.6 Å². The number of carbonyl (C=O) groups is 1. The number of furan rings is 1. The lowest BCUT2D eigenvalue weighted by Gasteiger charge is -2.21. The molecule has 3 aromatic carbocycles. The molecule has 0 saturated heterocycles. The molecule has 0 fully saturated rings. The summed E-state index contributed by atoms with van der Waals surface area (Å²) in [7, 11) is -0.891. The molecule has 0 unspecified atom stereocenters. The molecular formula is C29H28ClN3O6S. The number of aryl methyl sites for hydroxylation is 1. The minimum Gasteiger partial charge on any atom is -0.493 e. The van der Waals surface area contributed by atoms with Gasteiger partial charge in [0.05, 0.1) is 31.9 Å². The second-order valence-electron chi connectivity index (χ2n) is 8.79. The van der Waals surface area contributed by atoms with E-state index in [9.17, 15) is 13.2 Å². The number of nitrogens with one attached hydrogen (secondary N) is 1. The second kappa shape index (κ2) is 12.8. The maximum atomic E-state index is 13.5.